The maximum atomic E-state index is 12.5. The Morgan fingerprint density at radius 1 is 0.903 bits per heavy atom. The van der Waals surface area contributed by atoms with Gasteiger partial charge in [0.1, 0.15) is 5.75 Å². The largest absolute Gasteiger partial charge is 0.497 e. The molecule has 9 nitrogen and oxygen atoms in total. The third-order valence-electron chi connectivity index (χ3n) is 4.11. The van der Waals surface area contributed by atoms with Gasteiger partial charge >= 0.3 is 0 Å². The summed E-state index contributed by atoms with van der Waals surface area (Å²) >= 11 is 0. The molecule has 0 fully saturated rings. The molecule has 2 N–H and O–H groups in total. The summed E-state index contributed by atoms with van der Waals surface area (Å²) in [4.78, 5) is 12.2. The standard InChI is InChI=1S/C21H20N4O5S/c1-29-17-7-3-15(4-8-17)19(26)13-14-22-16-5-9-18(10-6-16)31(27,28)25-20-11-12-21(30-2)24-23-20/h3-14,22H,1-2H3,(H,23,25). The van der Waals surface area contributed by atoms with Gasteiger partial charge in [-0.25, -0.2) is 8.42 Å². The van der Waals surface area contributed by atoms with E-state index in [-0.39, 0.29) is 22.4 Å². The number of carbonyl (C=O) groups is 1. The number of hydrogen-bond donors (Lipinski definition) is 2. The molecule has 0 radical (unpaired) electrons. The van der Waals surface area contributed by atoms with E-state index in [0.717, 1.165) is 0 Å². The first-order chi connectivity index (χ1) is 14.9. The van der Waals surface area contributed by atoms with E-state index in [2.05, 4.69) is 20.2 Å². The van der Waals surface area contributed by atoms with Crippen LogP contribution in [0.25, 0.3) is 0 Å². The fourth-order valence-electron chi connectivity index (χ4n) is 2.48. The molecule has 3 aromatic rings. The monoisotopic (exact) mass is 440 g/mol. The van der Waals surface area contributed by atoms with Crippen LogP contribution in [-0.4, -0.2) is 38.6 Å². The number of benzene rings is 2. The molecular formula is C21H20N4O5S. The number of ketones is 1. The van der Waals surface area contributed by atoms with Crippen LogP contribution in [0.15, 0.2) is 77.8 Å². The summed E-state index contributed by atoms with van der Waals surface area (Å²) < 4.78 is 37.2. The van der Waals surface area contributed by atoms with Crippen LogP contribution in [0.4, 0.5) is 11.5 Å². The molecule has 31 heavy (non-hydrogen) atoms. The van der Waals surface area contributed by atoms with Crippen molar-refractivity contribution in [1.29, 1.82) is 0 Å². The molecule has 0 spiro atoms. The van der Waals surface area contributed by atoms with Crippen molar-refractivity contribution in [3.8, 4) is 11.6 Å². The molecule has 0 unspecified atom stereocenters. The normalized spacial score (nSPS) is 11.2. The molecule has 0 saturated carbocycles. The van der Waals surface area contributed by atoms with Crippen molar-refractivity contribution in [1.82, 2.24) is 10.2 Å². The molecule has 10 heteroatoms. The molecule has 0 amide bonds. The van der Waals surface area contributed by atoms with E-state index in [4.69, 9.17) is 9.47 Å². The van der Waals surface area contributed by atoms with Crippen molar-refractivity contribution in [2.45, 2.75) is 4.90 Å². The highest BCUT2D eigenvalue weighted by molar-refractivity contribution is 7.92. The Morgan fingerprint density at radius 3 is 2.19 bits per heavy atom. The van der Waals surface area contributed by atoms with Crippen molar-refractivity contribution in [3.63, 3.8) is 0 Å². The van der Waals surface area contributed by atoms with Crippen molar-refractivity contribution in [3.05, 3.63) is 78.5 Å². The minimum Gasteiger partial charge on any atom is -0.497 e. The zero-order chi connectivity index (χ0) is 22.3. The first-order valence-corrected chi connectivity index (χ1v) is 10.5. The molecule has 160 valence electrons. The Hall–Kier alpha value is -3.92. The van der Waals surface area contributed by atoms with Gasteiger partial charge in [-0.3, -0.25) is 9.52 Å². The van der Waals surface area contributed by atoms with E-state index in [1.807, 2.05) is 0 Å². The molecule has 0 atom stereocenters. The topological polar surface area (TPSA) is 120 Å². The second-order valence-corrected chi connectivity index (χ2v) is 7.84. The molecule has 1 heterocycles. The zero-order valence-electron chi connectivity index (χ0n) is 16.8. The first-order valence-electron chi connectivity index (χ1n) is 9.03. The first kappa shape index (κ1) is 21.8. The predicted octanol–water partition coefficient (Wildman–Crippen LogP) is 3.10. The number of aromatic nitrogens is 2. The molecular weight excluding hydrogens is 420 g/mol. The molecule has 3 rings (SSSR count). The van der Waals surface area contributed by atoms with Gasteiger partial charge in [0, 0.05) is 29.6 Å². The summed E-state index contributed by atoms with van der Waals surface area (Å²) in [6.45, 7) is 0. The highest BCUT2D eigenvalue weighted by Crippen LogP contribution is 2.18. The maximum Gasteiger partial charge on any atom is 0.263 e. The molecule has 0 aliphatic rings. The Morgan fingerprint density at radius 2 is 1.61 bits per heavy atom. The zero-order valence-corrected chi connectivity index (χ0v) is 17.6. The Balaban J connectivity index is 1.60. The summed E-state index contributed by atoms with van der Waals surface area (Å²) in [5.41, 5.74) is 1.13. The lowest BCUT2D eigenvalue weighted by atomic mass is 10.1. The minimum atomic E-state index is -3.83. The lowest BCUT2D eigenvalue weighted by Gasteiger charge is -2.08. The van der Waals surface area contributed by atoms with Crippen LogP contribution in [0.2, 0.25) is 0 Å². The molecule has 0 saturated heterocycles. The van der Waals surface area contributed by atoms with Gasteiger partial charge in [0.15, 0.2) is 11.6 Å². The number of hydrogen-bond acceptors (Lipinski definition) is 8. The number of methoxy groups -OCH3 is 2. The third-order valence-corrected chi connectivity index (χ3v) is 5.48. The SMILES string of the molecule is COc1ccc(C(=O)C=CNc2ccc(S(=O)(=O)Nc3ccc(OC)nn3)cc2)cc1. The second-order valence-electron chi connectivity index (χ2n) is 6.16. The summed E-state index contributed by atoms with van der Waals surface area (Å²) in [7, 11) is -0.835. The van der Waals surface area contributed by atoms with Gasteiger partial charge in [-0.1, -0.05) is 0 Å². The number of rotatable bonds is 9. The number of nitrogens with one attached hydrogen (secondary N) is 2. The van der Waals surface area contributed by atoms with Crippen molar-refractivity contribution < 1.29 is 22.7 Å². The number of anilines is 2. The summed E-state index contributed by atoms with van der Waals surface area (Å²) in [5.74, 6) is 0.834. The molecule has 2 aromatic carbocycles. The van der Waals surface area contributed by atoms with Crippen LogP contribution in [-0.2, 0) is 10.0 Å². The Labute approximate surface area is 179 Å². The van der Waals surface area contributed by atoms with E-state index < -0.39 is 10.0 Å². The van der Waals surface area contributed by atoms with Crippen molar-refractivity contribution >= 4 is 27.3 Å². The van der Waals surface area contributed by atoms with Gasteiger partial charge in [0.05, 0.1) is 19.1 Å². The average molecular weight is 440 g/mol. The van der Waals surface area contributed by atoms with Crippen LogP contribution < -0.4 is 19.5 Å². The number of ether oxygens (including phenoxy) is 2. The van der Waals surface area contributed by atoms with E-state index in [1.54, 1.807) is 43.5 Å². The Kier molecular flexibility index (Phi) is 6.83. The molecule has 0 aliphatic heterocycles. The van der Waals surface area contributed by atoms with E-state index in [9.17, 15) is 13.2 Å². The van der Waals surface area contributed by atoms with Gasteiger partial charge in [-0.15, -0.1) is 10.2 Å². The van der Waals surface area contributed by atoms with Crippen LogP contribution in [0, 0.1) is 0 Å². The van der Waals surface area contributed by atoms with Crippen molar-refractivity contribution in [2.24, 2.45) is 0 Å². The van der Waals surface area contributed by atoms with Gasteiger partial charge < -0.3 is 14.8 Å². The van der Waals surface area contributed by atoms with E-state index in [1.165, 1.54) is 43.7 Å². The quantitative estimate of drug-likeness (QED) is 0.385. The minimum absolute atomic E-state index is 0.0500. The van der Waals surface area contributed by atoms with Crippen molar-refractivity contribution in [2.75, 3.05) is 24.3 Å². The summed E-state index contributed by atoms with van der Waals surface area (Å²) in [6.07, 6.45) is 2.87. The average Bonchev–Trinajstić information content (AvgIpc) is 2.79. The fraction of sp³-hybridized carbons (Fsp3) is 0.0952. The van der Waals surface area contributed by atoms with Gasteiger partial charge in [-0.05, 0) is 54.6 Å². The highest BCUT2D eigenvalue weighted by atomic mass is 32.2. The van der Waals surface area contributed by atoms with Crippen LogP contribution >= 0.6 is 0 Å². The van der Waals surface area contributed by atoms with Crippen LogP contribution in [0.3, 0.4) is 0 Å². The number of nitrogens with zero attached hydrogens (tertiary/aromatic N) is 2. The molecule has 0 bridgehead atoms. The number of sulfonamides is 1. The summed E-state index contributed by atoms with van der Waals surface area (Å²) in [5, 5.41) is 10.4. The number of carbonyl (C=O) groups excluding carboxylic acids is 1. The summed E-state index contributed by atoms with van der Waals surface area (Å²) in [6, 6.07) is 15.7. The van der Waals surface area contributed by atoms with Gasteiger partial charge in [0.2, 0.25) is 5.88 Å². The smallest absolute Gasteiger partial charge is 0.263 e. The third kappa shape index (κ3) is 5.80. The highest BCUT2D eigenvalue weighted by Gasteiger charge is 2.15. The Bertz CT molecular complexity index is 1160. The number of allylic oxidation sites excluding steroid dienone is 1. The van der Waals surface area contributed by atoms with E-state index >= 15 is 0 Å². The maximum absolute atomic E-state index is 12.5. The molecule has 0 aliphatic carbocycles. The lowest BCUT2D eigenvalue weighted by Crippen LogP contribution is -2.14. The molecule has 1 aromatic heterocycles. The second kappa shape index (κ2) is 9.72. The van der Waals surface area contributed by atoms with Gasteiger partial charge in [0.25, 0.3) is 10.0 Å². The predicted molar refractivity (Wildman–Crippen MR) is 116 cm³/mol. The van der Waals surface area contributed by atoms with E-state index in [0.29, 0.717) is 17.0 Å². The van der Waals surface area contributed by atoms with Crippen LogP contribution in [0.1, 0.15) is 10.4 Å². The lowest BCUT2D eigenvalue weighted by molar-refractivity contribution is 0.104. The van der Waals surface area contributed by atoms with Crippen LogP contribution in [0.5, 0.6) is 11.6 Å². The van der Waals surface area contributed by atoms with Gasteiger partial charge in [-0.2, -0.15) is 0 Å². The fourth-order valence-corrected chi connectivity index (χ4v) is 3.47.